The van der Waals surface area contributed by atoms with Gasteiger partial charge in [0.05, 0.1) is 11.9 Å². The van der Waals surface area contributed by atoms with Crippen LogP contribution in [0.1, 0.15) is 117 Å². The first kappa shape index (κ1) is 28.7. The van der Waals surface area contributed by atoms with Crippen LogP contribution in [0.4, 0.5) is 4.79 Å². The number of likely N-dealkylation sites (tertiary alicyclic amines) is 1. The van der Waals surface area contributed by atoms with Crippen LogP contribution in [0.15, 0.2) is 0 Å². The normalized spacial score (nSPS) is 39.2. The van der Waals surface area contributed by atoms with E-state index in [0.29, 0.717) is 23.8 Å². The minimum atomic E-state index is -0.500. The average Bonchev–Trinajstić information content (AvgIpc) is 3.27. The highest BCUT2D eigenvalue weighted by Crippen LogP contribution is 2.48. The fourth-order valence-corrected chi connectivity index (χ4v) is 8.81. The molecule has 4 saturated carbocycles. The van der Waals surface area contributed by atoms with Crippen LogP contribution < -0.4 is 16.4 Å². The largest absolute Gasteiger partial charge is 0.444 e. The van der Waals surface area contributed by atoms with Crippen molar-refractivity contribution in [1.82, 2.24) is 15.5 Å². The van der Waals surface area contributed by atoms with Crippen molar-refractivity contribution in [1.29, 1.82) is 5.41 Å². The minimum absolute atomic E-state index is 0.0616. The summed E-state index contributed by atoms with van der Waals surface area (Å²) in [5.41, 5.74) is 5.50. The van der Waals surface area contributed by atoms with Crippen LogP contribution in [0.3, 0.4) is 0 Å². The van der Waals surface area contributed by atoms with Crippen molar-refractivity contribution in [3.63, 3.8) is 0 Å². The summed E-state index contributed by atoms with van der Waals surface area (Å²) in [5, 5.41) is 14.6. The lowest BCUT2D eigenvalue weighted by Crippen LogP contribution is -2.55. The Morgan fingerprint density at radius 1 is 0.795 bits per heavy atom. The molecule has 5 aliphatic rings. The molecule has 0 aromatic carbocycles. The van der Waals surface area contributed by atoms with Crippen LogP contribution in [0.2, 0.25) is 0 Å². The van der Waals surface area contributed by atoms with Gasteiger partial charge in [-0.3, -0.25) is 15.1 Å². The molecule has 5 fully saturated rings. The molecule has 8 heteroatoms. The minimum Gasteiger partial charge on any atom is -0.444 e. The molecular weight excluding hydrogens is 490 g/mol. The summed E-state index contributed by atoms with van der Waals surface area (Å²) in [6, 6.07) is 1.07. The Bertz CT molecular complexity index is 895. The van der Waals surface area contributed by atoms with E-state index < -0.39 is 5.60 Å². The van der Waals surface area contributed by atoms with Gasteiger partial charge in [0, 0.05) is 30.1 Å². The molecule has 8 nitrogen and oxygen atoms in total. The molecule has 39 heavy (non-hydrogen) atoms. The van der Waals surface area contributed by atoms with Crippen molar-refractivity contribution >= 4 is 17.8 Å². The molecule has 0 spiro atoms. The second-order valence-corrected chi connectivity index (χ2v) is 14.5. The van der Waals surface area contributed by atoms with Crippen molar-refractivity contribution in [2.45, 2.75) is 153 Å². The number of alkyl carbamates (subject to hydrolysis) is 1. The third-order valence-corrected chi connectivity index (χ3v) is 10.7. The van der Waals surface area contributed by atoms with Gasteiger partial charge in [-0.05, 0) is 109 Å². The summed E-state index contributed by atoms with van der Waals surface area (Å²) in [5.74, 6) is 2.94. The maximum Gasteiger partial charge on any atom is 0.407 e. The molecule has 220 valence electrons. The lowest BCUT2D eigenvalue weighted by molar-refractivity contribution is -0.128. The van der Waals surface area contributed by atoms with Crippen molar-refractivity contribution in [3.05, 3.63) is 0 Å². The monoisotopic (exact) mass is 543 g/mol. The van der Waals surface area contributed by atoms with Gasteiger partial charge in [-0.25, -0.2) is 4.79 Å². The van der Waals surface area contributed by atoms with Gasteiger partial charge in [0.2, 0.25) is 5.91 Å². The molecular formula is C31H53N5O3. The van der Waals surface area contributed by atoms with E-state index in [0.717, 1.165) is 63.2 Å². The molecule has 0 aromatic rings. The van der Waals surface area contributed by atoms with Gasteiger partial charge in [-0.2, -0.15) is 0 Å². The molecule has 7 atom stereocenters. The van der Waals surface area contributed by atoms with E-state index in [4.69, 9.17) is 15.9 Å². The van der Waals surface area contributed by atoms with E-state index >= 15 is 0 Å². The van der Waals surface area contributed by atoms with Gasteiger partial charge in [0.25, 0.3) is 0 Å². The Kier molecular flexibility index (Phi) is 8.80. The number of carbonyl (C=O) groups is 2. The van der Waals surface area contributed by atoms with Gasteiger partial charge in [-0.15, -0.1) is 0 Å². The van der Waals surface area contributed by atoms with Crippen LogP contribution in [0.5, 0.6) is 0 Å². The zero-order valence-electron chi connectivity index (χ0n) is 24.6. The van der Waals surface area contributed by atoms with Gasteiger partial charge in [0.1, 0.15) is 5.60 Å². The predicted molar refractivity (Wildman–Crippen MR) is 153 cm³/mol. The van der Waals surface area contributed by atoms with Crippen LogP contribution in [-0.2, 0) is 9.53 Å². The molecule has 1 saturated heterocycles. The number of nitrogens with one attached hydrogen (secondary N) is 3. The quantitative estimate of drug-likeness (QED) is 0.284. The lowest BCUT2D eigenvalue weighted by Gasteiger charge is -2.47. The first-order chi connectivity index (χ1) is 18.6. The number of carbonyl (C=O) groups excluding carboxylic acids is 2. The van der Waals surface area contributed by atoms with E-state index in [1.807, 2.05) is 20.8 Å². The summed E-state index contributed by atoms with van der Waals surface area (Å²) >= 11 is 0. The van der Waals surface area contributed by atoms with Gasteiger partial charge in [-0.1, -0.05) is 25.7 Å². The van der Waals surface area contributed by atoms with Gasteiger partial charge >= 0.3 is 6.09 Å². The maximum absolute atomic E-state index is 13.9. The number of amides is 2. The number of fused-ring (bicyclic) bond motifs is 2. The summed E-state index contributed by atoms with van der Waals surface area (Å²) < 4.78 is 5.42. The van der Waals surface area contributed by atoms with Crippen LogP contribution >= 0.6 is 0 Å². The van der Waals surface area contributed by atoms with Crippen LogP contribution in [0.25, 0.3) is 0 Å². The highest BCUT2D eigenvalue weighted by Gasteiger charge is 2.51. The SMILES string of the molecule is CC(C)(C)OC(=O)NC1CCC(NC(=O)C2CC3CCC(C(=N)N)CC3N2C2CCC3CCCCC3C2)CC1. The third kappa shape index (κ3) is 6.91. The molecule has 0 aromatic heterocycles. The summed E-state index contributed by atoms with van der Waals surface area (Å²) in [4.78, 5) is 28.8. The van der Waals surface area contributed by atoms with Gasteiger partial charge < -0.3 is 21.1 Å². The summed E-state index contributed by atoms with van der Waals surface area (Å²) in [6.45, 7) is 5.63. The van der Waals surface area contributed by atoms with Crippen molar-refractivity contribution in [2.75, 3.05) is 0 Å². The van der Waals surface area contributed by atoms with Crippen molar-refractivity contribution in [3.8, 4) is 0 Å². The van der Waals surface area contributed by atoms with E-state index in [1.54, 1.807) is 0 Å². The zero-order valence-corrected chi connectivity index (χ0v) is 24.6. The Balaban J connectivity index is 1.21. The Morgan fingerprint density at radius 2 is 1.44 bits per heavy atom. The second kappa shape index (κ2) is 12.0. The number of amidine groups is 1. The van der Waals surface area contributed by atoms with Crippen molar-refractivity contribution in [2.24, 2.45) is 29.4 Å². The Hall–Kier alpha value is -1.83. The highest BCUT2D eigenvalue weighted by molar-refractivity contribution is 5.83. The number of hydrogen-bond donors (Lipinski definition) is 4. The Labute approximate surface area is 235 Å². The standard InChI is InChI=1S/C31H53N5O3/c1-31(2,3)39-30(38)35-24-13-11-23(12-14-24)34-29(37)27-17-21-8-9-22(28(32)33)18-26(21)36(27)25-15-10-19-6-4-5-7-20(19)16-25/h19-27H,4-18H2,1-3H3,(H3,32,33)(H,34,37)(H,35,38). The van der Waals surface area contributed by atoms with Gasteiger partial charge in [0.15, 0.2) is 0 Å². The van der Waals surface area contributed by atoms with E-state index in [2.05, 4.69) is 15.5 Å². The highest BCUT2D eigenvalue weighted by atomic mass is 16.6. The first-order valence-corrected chi connectivity index (χ1v) is 16.0. The maximum atomic E-state index is 13.9. The molecule has 5 rings (SSSR count). The van der Waals surface area contributed by atoms with Crippen LogP contribution in [-0.4, -0.2) is 58.5 Å². The zero-order chi connectivity index (χ0) is 27.7. The molecule has 1 heterocycles. The predicted octanol–water partition coefficient (Wildman–Crippen LogP) is 5.09. The molecule has 0 radical (unpaired) electrons. The lowest BCUT2D eigenvalue weighted by atomic mass is 9.68. The molecule has 2 amide bonds. The molecule has 0 bridgehead atoms. The first-order valence-electron chi connectivity index (χ1n) is 16.0. The number of nitrogens with zero attached hydrogens (tertiary/aromatic N) is 1. The summed E-state index contributed by atoms with van der Waals surface area (Å²) in [6.07, 6.45) is 16.3. The van der Waals surface area contributed by atoms with Crippen molar-refractivity contribution < 1.29 is 14.3 Å². The second-order valence-electron chi connectivity index (χ2n) is 14.5. The fraction of sp³-hybridized carbons (Fsp3) is 0.903. The average molecular weight is 544 g/mol. The number of rotatable bonds is 5. The summed E-state index contributed by atoms with van der Waals surface area (Å²) in [7, 11) is 0. The molecule has 7 unspecified atom stereocenters. The number of nitrogens with two attached hydrogens (primary N) is 1. The molecule has 4 aliphatic carbocycles. The van der Waals surface area contributed by atoms with Crippen LogP contribution in [0, 0.1) is 29.1 Å². The Morgan fingerprint density at radius 3 is 2.10 bits per heavy atom. The smallest absolute Gasteiger partial charge is 0.407 e. The fourth-order valence-electron chi connectivity index (χ4n) is 8.81. The van der Waals surface area contributed by atoms with E-state index in [9.17, 15) is 9.59 Å². The van der Waals surface area contributed by atoms with E-state index in [1.165, 1.54) is 44.9 Å². The number of hydrogen-bond acceptors (Lipinski definition) is 5. The molecule has 1 aliphatic heterocycles. The third-order valence-electron chi connectivity index (χ3n) is 10.7. The topological polar surface area (TPSA) is 121 Å². The molecule has 5 N–H and O–H groups in total. The van der Waals surface area contributed by atoms with E-state index in [-0.39, 0.29) is 36.0 Å². The number of ether oxygens (including phenoxy) is 1.